The maximum Gasteiger partial charge on any atom is 0.333 e. The van der Waals surface area contributed by atoms with Crippen LogP contribution in [0.25, 0.3) is 0 Å². The fourth-order valence-electron chi connectivity index (χ4n) is 3.28. The van der Waals surface area contributed by atoms with Gasteiger partial charge in [0.05, 0.1) is 0 Å². The monoisotopic (exact) mass is 258 g/mol. The molecule has 0 saturated carbocycles. The van der Waals surface area contributed by atoms with E-state index in [1.807, 2.05) is 13.0 Å². The molecule has 2 nitrogen and oxygen atoms in total. The molecular weight excluding hydrogens is 236 g/mol. The number of benzene rings is 1. The van der Waals surface area contributed by atoms with Gasteiger partial charge >= 0.3 is 5.97 Å². The molecule has 2 unspecified atom stereocenters. The molecule has 0 radical (unpaired) electrons. The van der Waals surface area contributed by atoms with Gasteiger partial charge in [0, 0.05) is 17.9 Å². The summed E-state index contributed by atoms with van der Waals surface area (Å²) < 4.78 is 5.78. The second kappa shape index (κ2) is 4.84. The summed E-state index contributed by atoms with van der Waals surface area (Å²) in [6.45, 7) is 11.8. The van der Waals surface area contributed by atoms with E-state index >= 15 is 0 Å². The zero-order chi connectivity index (χ0) is 14.2. The molecule has 1 aliphatic carbocycles. The molecule has 0 fully saturated rings. The summed E-state index contributed by atoms with van der Waals surface area (Å²) in [6.07, 6.45) is 0.783. The van der Waals surface area contributed by atoms with Crippen molar-refractivity contribution in [1.29, 1.82) is 0 Å². The lowest BCUT2D eigenvalue weighted by atomic mass is 9.81. The van der Waals surface area contributed by atoms with E-state index in [9.17, 15) is 4.79 Å². The number of fused-ring (bicyclic) bond motifs is 1. The Bertz CT molecular complexity index is 516. The van der Waals surface area contributed by atoms with Crippen LogP contribution in [0.1, 0.15) is 44.7 Å². The summed E-state index contributed by atoms with van der Waals surface area (Å²) in [5, 5.41) is 0. The molecule has 0 spiro atoms. The lowest BCUT2D eigenvalue weighted by Gasteiger charge is -2.34. The molecule has 0 bridgehead atoms. The topological polar surface area (TPSA) is 26.3 Å². The molecular formula is C17H22O2. The van der Waals surface area contributed by atoms with E-state index < -0.39 is 5.60 Å². The average Bonchev–Trinajstić information content (AvgIpc) is 2.60. The number of hydrogen-bond acceptors (Lipinski definition) is 2. The van der Waals surface area contributed by atoms with Crippen LogP contribution < -0.4 is 0 Å². The van der Waals surface area contributed by atoms with Gasteiger partial charge in [0.15, 0.2) is 0 Å². The third-order valence-corrected chi connectivity index (χ3v) is 3.93. The largest absolute Gasteiger partial charge is 0.455 e. The first-order valence-electron chi connectivity index (χ1n) is 6.82. The zero-order valence-electron chi connectivity index (χ0n) is 12.2. The molecule has 102 valence electrons. The Labute approximate surface area is 115 Å². The second-order valence-electron chi connectivity index (χ2n) is 6.08. The lowest BCUT2D eigenvalue weighted by Crippen LogP contribution is -2.38. The Balaban J connectivity index is 2.37. The fourth-order valence-corrected chi connectivity index (χ4v) is 3.28. The number of carbonyl (C=O) groups is 1. The Morgan fingerprint density at radius 3 is 2.63 bits per heavy atom. The molecule has 1 aromatic carbocycles. The smallest absolute Gasteiger partial charge is 0.333 e. The van der Waals surface area contributed by atoms with Gasteiger partial charge in [0.2, 0.25) is 0 Å². The first-order chi connectivity index (χ1) is 8.85. The van der Waals surface area contributed by atoms with Gasteiger partial charge in [-0.05, 0) is 30.9 Å². The Kier molecular flexibility index (Phi) is 3.53. The van der Waals surface area contributed by atoms with E-state index in [0.29, 0.717) is 11.5 Å². The van der Waals surface area contributed by atoms with Gasteiger partial charge in [-0.1, -0.05) is 44.7 Å². The van der Waals surface area contributed by atoms with Crippen LogP contribution in [0, 0.1) is 5.92 Å². The lowest BCUT2D eigenvalue weighted by molar-refractivity contribution is -0.155. The predicted molar refractivity (Wildman–Crippen MR) is 77.0 cm³/mol. The molecule has 2 heteroatoms. The van der Waals surface area contributed by atoms with Gasteiger partial charge in [-0.3, -0.25) is 0 Å². The third-order valence-electron chi connectivity index (χ3n) is 3.93. The molecule has 0 aromatic heterocycles. The molecule has 0 amide bonds. The fraction of sp³-hybridized carbons (Fsp3) is 0.471. The summed E-state index contributed by atoms with van der Waals surface area (Å²) >= 11 is 0. The van der Waals surface area contributed by atoms with E-state index in [-0.39, 0.29) is 11.9 Å². The van der Waals surface area contributed by atoms with Crippen molar-refractivity contribution < 1.29 is 9.53 Å². The van der Waals surface area contributed by atoms with Crippen LogP contribution >= 0.6 is 0 Å². The number of carbonyl (C=O) groups excluding carboxylic acids is 1. The summed E-state index contributed by atoms with van der Waals surface area (Å²) in [4.78, 5) is 11.9. The molecule has 0 N–H and O–H groups in total. The van der Waals surface area contributed by atoms with Crippen molar-refractivity contribution in [1.82, 2.24) is 0 Å². The van der Waals surface area contributed by atoms with Crippen LogP contribution in [0.15, 0.2) is 36.4 Å². The van der Waals surface area contributed by atoms with E-state index in [1.165, 1.54) is 11.1 Å². The van der Waals surface area contributed by atoms with Crippen molar-refractivity contribution in [3.05, 3.63) is 47.5 Å². The van der Waals surface area contributed by atoms with Crippen LogP contribution in [-0.4, -0.2) is 11.6 Å². The minimum Gasteiger partial charge on any atom is -0.455 e. The maximum absolute atomic E-state index is 11.9. The van der Waals surface area contributed by atoms with Crippen LogP contribution in [-0.2, 0) is 16.0 Å². The molecule has 0 aliphatic heterocycles. The quantitative estimate of drug-likeness (QED) is 0.608. The van der Waals surface area contributed by atoms with E-state index in [1.54, 1.807) is 6.92 Å². The van der Waals surface area contributed by atoms with Crippen LogP contribution in [0.3, 0.4) is 0 Å². The van der Waals surface area contributed by atoms with Crippen molar-refractivity contribution >= 4 is 5.97 Å². The molecule has 0 heterocycles. The molecule has 2 atom stereocenters. The van der Waals surface area contributed by atoms with Gasteiger partial charge in [-0.2, -0.15) is 0 Å². The summed E-state index contributed by atoms with van der Waals surface area (Å²) in [6, 6.07) is 8.38. The normalized spacial score (nSPS) is 25.2. The highest BCUT2D eigenvalue weighted by Gasteiger charge is 2.46. The van der Waals surface area contributed by atoms with E-state index in [0.717, 1.165) is 6.42 Å². The zero-order valence-corrected chi connectivity index (χ0v) is 12.2. The molecule has 1 aliphatic rings. The third kappa shape index (κ3) is 2.44. The molecule has 19 heavy (non-hydrogen) atoms. The van der Waals surface area contributed by atoms with Crippen molar-refractivity contribution in [2.24, 2.45) is 5.92 Å². The highest BCUT2D eigenvalue weighted by Crippen LogP contribution is 2.47. The minimum absolute atomic E-state index is 0.243. The summed E-state index contributed by atoms with van der Waals surface area (Å²) in [5.74, 6) is 0.375. The standard InChI is InChI=1S/C17H22O2/c1-11(2)15-14-9-7-6-8-13(14)10-17(15,5)19-16(18)12(3)4/h6-9,11,15H,3,10H2,1-2,4-5H3. The van der Waals surface area contributed by atoms with E-state index in [2.05, 4.69) is 38.6 Å². The average molecular weight is 258 g/mol. The summed E-state index contributed by atoms with van der Waals surface area (Å²) in [7, 11) is 0. The number of hydrogen-bond donors (Lipinski definition) is 0. The number of ether oxygens (including phenoxy) is 1. The van der Waals surface area contributed by atoms with Crippen molar-refractivity contribution in [3.8, 4) is 0 Å². The summed E-state index contributed by atoms with van der Waals surface area (Å²) in [5.41, 5.74) is 2.60. The highest BCUT2D eigenvalue weighted by atomic mass is 16.6. The van der Waals surface area contributed by atoms with Gasteiger partial charge in [0.1, 0.15) is 5.60 Å². The van der Waals surface area contributed by atoms with Crippen molar-refractivity contribution in [2.45, 2.75) is 45.6 Å². The second-order valence-corrected chi connectivity index (χ2v) is 6.08. The van der Waals surface area contributed by atoms with Gasteiger partial charge in [-0.15, -0.1) is 0 Å². The molecule has 1 aromatic rings. The van der Waals surface area contributed by atoms with Gasteiger partial charge in [-0.25, -0.2) is 4.79 Å². The Morgan fingerprint density at radius 2 is 2.05 bits per heavy atom. The number of rotatable bonds is 3. The highest BCUT2D eigenvalue weighted by molar-refractivity contribution is 5.87. The first kappa shape index (κ1) is 13.9. The van der Waals surface area contributed by atoms with Crippen LogP contribution in [0.2, 0.25) is 0 Å². The van der Waals surface area contributed by atoms with Gasteiger partial charge < -0.3 is 4.74 Å². The van der Waals surface area contributed by atoms with Gasteiger partial charge in [0.25, 0.3) is 0 Å². The van der Waals surface area contributed by atoms with Crippen LogP contribution in [0.4, 0.5) is 0 Å². The Morgan fingerprint density at radius 1 is 1.42 bits per heavy atom. The van der Waals surface area contributed by atoms with E-state index in [4.69, 9.17) is 4.74 Å². The predicted octanol–water partition coefficient (Wildman–Crippen LogP) is 3.86. The first-order valence-corrected chi connectivity index (χ1v) is 6.82. The van der Waals surface area contributed by atoms with Crippen molar-refractivity contribution in [2.75, 3.05) is 0 Å². The molecule has 2 rings (SSSR count). The Hall–Kier alpha value is -1.57. The van der Waals surface area contributed by atoms with Crippen LogP contribution in [0.5, 0.6) is 0 Å². The maximum atomic E-state index is 11.9. The van der Waals surface area contributed by atoms with Crippen molar-refractivity contribution in [3.63, 3.8) is 0 Å². The number of esters is 1. The minimum atomic E-state index is -0.464. The molecule has 0 saturated heterocycles. The SMILES string of the molecule is C=C(C)C(=O)OC1(C)Cc2ccccc2C1C(C)C.